The zero-order valence-electron chi connectivity index (χ0n) is 22.0. The zero-order valence-corrected chi connectivity index (χ0v) is 27.9. The molecule has 0 saturated heterocycles. The Kier molecular flexibility index (Phi) is 20.0. The minimum atomic E-state index is -2.43. The largest absolute Gasteiger partial charge is 0.500 e. The van der Waals surface area contributed by atoms with Gasteiger partial charge in [0.1, 0.15) is 0 Å². The highest BCUT2D eigenvalue weighted by molar-refractivity contribution is 9.35. The van der Waals surface area contributed by atoms with Crippen molar-refractivity contribution in [2.45, 2.75) is 95.4 Å². The Hall–Kier alpha value is 0.957. The fourth-order valence-corrected chi connectivity index (χ4v) is 16.7. The van der Waals surface area contributed by atoms with Crippen molar-refractivity contribution in [1.82, 2.24) is 4.98 Å². The second-order valence-electron chi connectivity index (χ2n) is 8.32. The molecule has 0 N–H and O–H groups in total. The van der Waals surface area contributed by atoms with Crippen LogP contribution in [0, 0.1) is 0 Å². The van der Waals surface area contributed by atoms with Gasteiger partial charge < -0.3 is 13.3 Å². The van der Waals surface area contributed by atoms with Crippen molar-refractivity contribution in [3.8, 4) is 0 Å². The van der Waals surface area contributed by atoms with Gasteiger partial charge in [0.15, 0.2) is 4.34 Å². The van der Waals surface area contributed by atoms with E-state index in [1.807, 2.05) is 61.0 Å². The molecule has 0 unspecified atom stereocenters. The Morgan fingerprint density at radius 3 is 1.92 bits per heavy atom. The van der Waals surface area contributed by atoms with Crippen molar-refractivity contribution in [2.24, 2.45) is 0 Å². The summed E-state index contributed by atoms with van der Waals surface area (Å²) in [7, 11) is 6.91. The molecule has 0 fully saturated rings. The van der Waals surface area contributed by atoms with Gasteiger partial charge >= 0.3 is 8.80 Å². The first kappa shape index (κ1) is 33.2. The number of thiazole rings is 1. The third-order valence-electron chi connectivity index (χ3n) is 5.54. The van der Waals surface area contributed by atoms with Crippen LogP contribution >= 0.6 is 62.4 Å². The van der Waals surface area contributed by atoms with Crippen LogP contribution in [0.15, 0.2) is 28.6 Å². The maximum atomic E-state index is 5.95. The summed E-state index contributed by atoms with van der Waals surface area (Å²) in [6.45, 7) is 8.11. The predicted octanol–water partition coefficient (Wildman–Crippen LogP) is 10.9. The fourth-order valence-electron chi connectivity index (χ4n) is 3.91. The number of hydrogen-bond acceptors (Lipinski definition) is 10. The lowest BCUT2D eigenvalue weighted by molar-refractivity contribution is 0.0706. The number of para-hydroxylation sites is 1. The Bertz CT molecular complexity index is 750. The van der Waals surface area contributed by atoms with E-state index in [1.54, 1.807) is 22.1 Å². The van der Waals surface area contributed by atoms with E-state index >= 15 is 0 Å². The number of fused-ring (bicyclic) bond motifs is 1. The van der Waals surface area contributed by atoms with E-state index in [9.17, 15) is 0 Å². The third-order valence-corrected chi connectivity index (χ3v) is 18.6. The average molecular weight is 626 g/mol. The lowest BCUT2D eigenvalue weighted by Gasteiger charge is -2.28. The first-order valence-electron chi connectivity index (χ1n) is 13.3. The highest BCUT2D eigenvalue weighted by Gasteiger charge is 2.39. The summed E-state index contributed by atoms with van der Waals surface area (Å²) in [4.78, 5) is 4.67. The van der Waals surface area contributed by atoms with Gasteiger partial charge in [-0.2, -0.15) is 0 Å². The van der Waals surface area contributed by atoms with Gasteiger partial charge in [0.05, 0.1) is 10.2 Å². The third kappa shape index (κ3) is 14.4. The van der Waals surface area contributed by atoms with E-state index in [1.165, 1.54) is 68.2 Å². The number of unbranched alkanes of at least 4 members (excludes halogenated alkanes) is 9. The quantitative estimate of drug-likeness (QED) is 0.0643. The molecule has 4 nitrogen and oxygen atoms in total. The maximum absolute atomic E-state index is 5.95. The molecule has 1 aromatic heterocycles. The van der Waals surface area contributed by atoms with Crippen LogP contribution < -0.4 is 0 Å². The molecule has 36 heavy (non-hydrogen) atoms. The van der Waals surface area contributed by atoms with E-state index in [4.69, 9.17) is 13.3 Å². The summed E-state index contributed by atoms with van der Waals surface area (Å²) >= 11 is 1.78. The molecule has 0 radical (unpaired) electrons. The molecule has 1 heterocycles. The molecule has 0 atom stereocenters. The molecule has 0 aliphatic heterocycles. The number of aromatic nitrogens is 1. The van der Waals surface area contributed by atoms with E-state index < -0.39 is 8.80 Å². The van der Waals surface area contributed by atoms with Crippen LogP contribution in [0.4, 0.5) is 0 Å². The van der Waals surface area contributed by atoms with Gasteiger partial charge in [0, 0.05) is 31.6 Å². The Balaban J connectivity index is 1.33. The molecular weight excluding hydrogens is 583 g/mol. The van der Waals surface area contributed by atoms with Crippen LogP contribution in [0.5, 0.6) is 0 Å². The van der Waals surface area contributed by atoms with E-state index in [2.05, 4.69) is 29.2 Å². The van der Waals surface area contributed by atoms with Gasteiger partial charge in [-0.1, -0.05) is 74.3 Å². The van der Waals surface area contributed by atoms with Crippen LogP contribution in [0.1, 0.15) is 85.0 Å². The van der Waals surface area contributed by atoms with E-state index in [0.717, 1.165) is 22.3 Å². The van der Waals surface area contributed by atoms with Gasteiger partial charge in [0.2, 0.25) is 0 Å². The smallest absolute Gasteiger partial charge is 0.374 e. The normalized spacial score (nSPS) is 12.1. The van der Waals surface area contributed by atoms with Crippen molar-refractivity contribution < 1.29 is 13.3 Å². The molecule has 0 aliphatic rings. The average Bonchev–Trinajstić information content (AvgIpc) is 3.29. The molecule has 0 bridgehead atoms. The number of hydrogen-bond donors (Lipinski definition) is 0. The topological polar surface area (TPSA) is 40.6 Å². The molecule has 0 spiro atoms. The monoisotopic (exact) mass is 625 g/mol. The molecule has 11 heteroatoms. The predicted molar refractivity (Wildman–Crippen MR) is 172 cm³/mol. The van der Waals surface area contributed by atoms with Crippen LogP contribution in [-0.2, 0) is 13.3 Å². The minimum absolute atomic E-state index is 0.673. The Labute approximate surface area is 243 Å². The first-order valence-corrected chi connectivity index (χ1v) is 22.4. The second kappa shape index (κ2) is 21.7. The van der Waals surface area contributed by atoms with Gasteiger partial charge in [-0.05, 0) is 86.0 Å². The molecule has 2 rings (SSSR count). The van der Waals surface area contributed by atoms with Crippen molar-refractivity contribution in [3.63, 3.8) is 0 Å². The minimum Gasteiger partial charge on any atom is -0.374 e. The molecular formula is C25H43NO3S6Si. The summed E-state index contributed by atoms with van der Waals surface area (Å²) in [6, 6.07) is 9.32. The standard InChI is InChI=1S/C25H43NO3S6Si/c1-4-27-36(28-5-2,29-6-3)22-18-14-12-10-8-7-9-11-13-17-21-30-33-35-34-32-25-26-23-19-15-16-20-24(23)31-25/h15-16,19-20H,4-14,17-18,21-22H2,1-3H3. The lowest BCUT2D eigenvalue weighted by atomic mass is 10.1. The van der Waals surface area contributed by atoms with Crippen molar-refractivity contribution in [1.29, 1.82) is 0 Å². The maximum Gasteiger partial charge on any atom is 0.500 e. The molecule has 2 aromatic rings. The van der Waals surface area contributed by atoms with Crippen LogP contribution in [-0.4, -0.2) is 39.4 Å². The van der Waals surface area contributed by atoms with Crippen molar-refractivity contribution in [3.05, 3.63) is 24.3 Å². The van der Waals surface area contributed by atoms with Gasteiger partial charge in [-0.3, -0.25) is 0 Å². The Morgan fingerprint density at radius 2 is 1.31 bits per heavy atom. The van der Waals surface area contributed by atoms with Gasteiger partial charge in [-0.15, -0.1) is 11.3 Å². The summed E-state index contributed by atoms with van der Waals surface area (Å²) in [5.41, 5.74) is 1.11. The molecule has 0 saturated carbocycles. The SMILES string of the molecule is CCO[Si](CCCCCCCCCCCCSSSSSc1nc2ccccc2s1)(OCC)OCC. The van der Waals surface area contributed by atoms with Gasteiger partial charge in [0.25, 0.3) is 0 Å². The molecule has 1 aromatic carbocycles. The van der Waals surface area contributed by atoms with E-state index in [0.29, 0.717) is 19.8 Å². The van der Waals surface area contributed by atoms with Crippen LogP contribution in [0.25, 0.3) is 10.2 Å². The lowest BCUT2D eigenvalue weighted by Crippen LogP contribution is -2.45. The van der Waals surface area contributed by atoms with Crippen molar-refractivity contribution >= 4 is 81.4 Å². The number of benzene rings is 1. The fraction of sp³-hybridized carbons (Fsp3) is 0.720. The van der Waals surface area contributed by atoms with Crippen LogP contribution in [0.3, 0.4) is 0 Å². The Morgan fingerprint density at radius 1 is 0.722 bits per heavy atom. The summed E-state index contributed by atoms with van der Waals surface area (Å²) in [6.07, 6.45) is 13.3. The van der Waals surface area contributed by atoms with E-state index in [-0.39, 0.29) is 0 Å². The molecule has 206 valence electrons. The highest BCUT2D eigenvalue weighted by atomic mass is 33.8. The van der Waals surface area contributed by atoms with Crippen molar-refractivity contribution in [2.75, 3.05) is 25.6 Å². The summed E-state index contributed by atoms with van der Waals surface area (Å²) in [5, 5.41) is 0. The number of rotatable bonds is 24. The van der Waals surface area contributed by atoms with Gasteiger partial charge in [-0.25, -0.2) is 4.98 Å². The first-order chi connectivity index (χ1) is 17.7. The zero-order chi connectivity index (χ0) is 25.7. The molecule has 0 aliphatic carbocycles. The summed E-state index contributed by atoms with van der Waals surface area (Å²) in [5.74, 6) is 1.25. The van der Waals surface area contributed by atoms with Crippen LogP contribution in [0.2, 0.25) is 6.04 Å². The second-order valence-corrected chi connectivity index (χ2v) is 20.1. The molecule has 0 amide bonds. The number of nitrogens with zero attached hydrogens (tertiary/aromatic N) is 1. The highest BCUT2D eigenvalue weighted by Crippen LogP contribution is 2.51. The summed E-state index contributed by atoms with van der Waals surface area (Å²) < 4.78 is 20.3.